The zero-order valence-electron chi connectivity index (χ0n) is 13.9. The highest BCUT2D eigenvalue weighted by molar-refractivity contribution is 8.00. The van der Waals surface area contributed by atoms with E-state index in [1.54, 1.807) is 25.1 Å². The molecule has 0 aromatic heterocycles. The Morgan fingerprint density at radius 3 is 2.44 bits per heavy atom. The molecule has 25 heavy (non-hydrogen) atoms. The Morgan fingerprint density at radius 1 is 1.08 bits per heavy atom. The van der Waals surface area contributed by atoms with Crippen LogP contribution in [0.3, 0.4) is 0 Å². The SMILES string of the molecule is Cc1ccc(S[C@H](C)C(=O)NNC(=O)CSc2ccccc2F)cc1. The maximum atomic E-state index is 13.5. The normalized spacial score (nSPS) is 11.6. The number of hydrogen-bond acceptors (Lipinski definition) is 4. The summed E-state index contributed by atoms with van der Waals surface area (Å²) in [5.41, 5.74) is 5.90. The van der Waals surface area contributed by atoms with E-state index in [1.165, 1.54) is 17.8 Å². The number of amides is 2. The number of nitrogens with one attached hydrogen (secondary N) is 2. The number of rotatable bonds is 6. The molecule has 4 nitrogen and oxygen atoms in total. The predicted octanol–water partition coefficient (Wildman–Crippen LogP) is 3.55. The van der Waals surface area contributed by atoms with Gasteiger partial charge in [-0.1, -0.05) is 29.8 Å². The molecule has 0 saturated carbocycles. The van der Waals surface area contributed by atoms with Crippen LogP contribution >= 0.6 is 23.5 Å². The maximum Gasteiger partial charge on any atom is 0.251 e. The van der Waals surface area contributed by atoms with Gasteiger partial charge in [-0.2, -0.15) is 0 Å². The fourth-order valence-corrected chi connectivity index (χ4v) is 3.46. The van der Waals surface area contributed by atoms with Crippen LogP contribution in [0.1, 0.15) is 12.5 Å². The Bertz CT molecular complexity index is 738. The van der Waals surface area contributed by atoms with Gasteiger partial charge in [-0.25, -0.2) is 4.39 Å². The van der Waals surface area contributed by atoms with E-state index in [-0.39, 0.29) is 22.7 Å². The van der Waals surface area contributed by atoms with Crippen LogP contribution < -0.4 is 10.9 Å². The lowest BCUT2D eigenvalue weighted by atomic mass is 10.2. The van der Waals surface area contributed by atoms with Gasteiger partial charge < -0.3 is 0 Å². The largest absolute Gasteiger partial charge is 0.272 e. The highest BCUT2D eigenvalue weighted by Gasteiger charge is 2.15. The number of benzene rings is 2. The third-order valence-corrected chi connectivity index (χ3v) is 5.38. The molecule has 2 amide bonds. The molecule has 0 aliphatic rings. The molecular formula is C18H19FN2O2S2. The zero-order valence-corrected chi connectivity index (χ0v) is 15.5. The van der Waals surface area contributed by atoms with Gasteiger partial charge in [-0.3, -0.25) is 20.4 Å². The van der Waals surface area contributed by atoms with E-state index in [0.29, 0.717) is 4.90 Å². The highest BCUT2D eigenvalue weighted by Crippen LogP contribution is 2.23. The summed E-state index contributed by atoms with van der Waals surface area (Å²) in [6, 6.07) is 14.1. The number of halogens is 1. The molecule has 132 valence electrons. The van der Waals surface area contributed by atoms with Crippen molar-refractivity contribution < 1.29 is 14.0 Å². The summed E-state index contributed by atoms with van der Waals surface area (Å²) in [6.45, 7) is 3.76. The minimum Gasteiger partial charge on any atom is -0.272 e. The van der Waals surface area contributed by atoms with Crippen LogP contribution in [0.25, 0.3) is 0 Å². The summed E-state index contributed by atoms with van der Waals surface area (Å²) < 4.78 is 13.5. The van der Waals surface area contributed by atoms with Crippen molar-refractivity contribution in [2.45, 2.75) is 28.9 Å². The van der Waals surface area contributed by atoms with Gasteiger partial charge in [0.15, 0.2) is 0 Å². The molecule has 2 aromatic rings. The summed E-state index contributed by atoms with van der Waals surface area (Å²) in [7, 11) is 0. The number of thioether (sulfide) groups is 2. The molecule has 0 heterocycles. The van der Waals surface area contributed by atoms with Crippen LogP contribution in [0.5, 0.6) is 0 Å². The Balaban J connectivity index is 1.74. The standard InChI is InChI=1S/C18H19FN2O2S2/c1-12-7-9-14(10-8-12)25-13(2)18(23)21-20-17(22)11-24-16-6-4-3-5-15(16)19/h3-10,13H,11H2,1-2H3,(H,20,22)(H,21,23)/t13-/m1/s1. The van der Waals surface area contributed by atoms with Crippen molar-refractivity contribution in [2.24, 2.45) is 0 Å². The molecule has 0 aliphatic carbocycles. The van der Waals surface area contributed by atoms with Gasteiger partial charge in [-0.15, -0.1) is 23.5 Å². The predicted molar refractivity (Wildman–Crippen MR) is 99.9 cm³/mol. The Kier molecular flexibility index (Phi) is 7.33. The van der Waals surface area contributed by atoms with Crippen molar-refractivity contribution in [1.29, 1.82) is 0 Å². The number of carbonyl (C=O) groups excluding carboxylic acids is 2. The molecule has 0 saturated heterocycles. The Morgan fingerprint density at radius 2 is 1.76 bits per heavy atom. The first-order chi connectivity index (χ1) is 12.0. The third kappa shape index (κ3) is 6.43. The second-order valence-corrected chi connectivity index (χ2v) is 7.76. The Hall–Kier alpha value is -1.99. The molecule has 0 spiro atoms. The van der Waals surface area contributed by atoms with Crippen LogP contribution in [-0.2, 0) is 9.59 Å². The highest BCUT2D eigenvalue weighted by atomic mass is 32.2. The molecule has 2 N–H and O–H groups in total. The van der Waals surface area contributed by atoms with Gasteiger partial charge in [0, 0.05) is 9.79 Å². The average Bonchev–Trinajstić information content (AvgIpc) is 2.60. The molecule has 0 bridgehead atoms. The van der Waals surface area contributed by atoms with Crippen molar-refractivity contribution in [3.63, 3.8) is 0 Å². The van der Waals surface area contributed by atoms with Gasteiger partial charge in [0.25, 0.3) is 5.91 Å². The van der Waals surface area contributed by atoms with Gasteiger partial charge in [-0.05, 0) is 38.1 Å². The quantitative estimate of drug-likeness (QED) is 0.596. The number of hydrogen-bond donors (Lipinski definition) is 2. The van der Waals surface area contributed by atoms with Crippen molar-refractivity contribution >= 4 is 35.3 Å². The summed E-state index contributed by atoms with van der Waals surface area (Å²) in [4.78, 5) is 25.2. The van der Waals surface area contributed by atoms with E-state index < -0.39 is 5.91 Å². The lowest BCUT2D eigenvalue weighted by molar-refractivity contribution is -0.127. The van der Waals surface area contributed by atoms with Crippen molar-refractivity contribution in [2.75, 3.05) is 5.75 Å². The molecule has 1 atom stereocenters. The Labute approximate surface area is 154 Å². The molecule has 0 radical (unpaired) electrons. The topological polar surface area (TPSA) is 58.2 Å². The van der Waals surface area contributed by atoms with E-state index in [2.05, 4.69) is 10.9 Å². The van der Waals surface area contributed by atoms with Crippen LogP contribution in [0.4, 0.5) is 4.39 Å². The van der Waals surface area contributed by atoms with Crippen LogP contribution in [0.2, 0.25) is 0 Å². The fraction of sp³-hybridized carbons (Fsp3) is 0.222. The second kappa shape index (κ2) is 9.48. The third-order valence-electron chi connectivity index (χ3n) is 3.22. The number of aryl methyl sites for hydroxylation is 1. The molecule has 7 heteroatoms. The molecule has 2 rings (SSSR count). The van der Waals surface area contributed by atoms with Gasteiger partial charge in [0.2, 0.25) is 5.91 Å². The first-order valence-corrected chi connectivity index (χ1v) is 9.51. The lowest BCUT2D eigenvalue weighted by Gasteiger charge is -2.13. The minimum atomic E-state index is -0.394. The number of carbonyl (C=O) groups is 2. The molecule has 0 aliphatic heterocycles. The monoisotopic (exact) mass is 378 g/mol. The van der Waals surface area contributed by atoms with Crippen LogP contribution in [-0.4, -0.2) is 22.8 Å². The van der Waals surface area contributed by atoms with Crippen LogP contribution in [0.15, 0.2) is 58.3 Å². The molecule has 0 fully saturated rings. The van der Waals surface area contributed by atoms with E-state index >= 15 is 0 Å². The van der Waals surface area contributed by atoms with E-state index in [0.717, 1.165) is 22.2 Å². The maximum absolute atomic E-state index is 13.5. The van der Waals surface area contributed by atoms with Crippen LogP contribution in [0, 0.1) is 12.7 Å². The number of hydrazine groups is 1. The van der Waals surface area contributed by atoms with Gasteiger partial charge >= 0.3 is 0 Å². The smallest absolute Gasteiger partial charge is 0.251 e. The van der Waals surface area contributed by atoms with Crippen molar-refractivity contribution in [1.82, 2.24) is 10.9 Å². The van der Waals surface area contributed by atoms with Gasteiger partial charge in [0.1, 0.15) is 5.82 Å². The van der Waals surface area contributed by atoms with Crippen molar-refractivity contribution in [3.05, 3.63) is 59.9 Å². The fourth-order valence-electron chi connectivity index (χ4n) is 1.85. The second-order valence-electron chi connectivity index (χ2n) is 5.33. The minimum absolute atomic E-state index is 0.0146. The lowest BCUT2D eigenvalue weighted by Crippen LogP contribution is -2.45. The summed E-state index contributed by atoms with van der Waals surface area (Å²) >= 11 is 2.48. The summed E-state index contributed by atoms with van der Waals surface area (Å²) in [5, 5.41) is -0.359. The van der Waals surface area contributed by atoms with E-state index in [1.807, 2.05) is 31.2 Å². The zero-order chi connectivity index (χ0) is 18.2. The first kappa shape index (κ1) is 19.3. The average molecular weight is 378 g/mol. The molecule has 2 aromatic carbocycles. The summed E-state index contributed by atoms with van der Waals surface area (Å²) in [6.07, 6.45) is 0. The first-order valence-electron chi connectivity index (χ1n) is 7.65. The van der Waals surface area contributed by atoms with Crippen molar-refractivity contribution in [3.8, 4) is 0 Å². The summed E-state index contributed by atoms with van der Waals surface area (Å²) in [5.74, 6) is -1.04. The van der Waals surface area contributed by atoms with Gasteiger partial charge in [0.05, 0.1) is 11.0 Å². The molecular weight excluding hydrogens is 359 g/mol. The molecule has 0 unspecified atom stereocenters. The van der Waals surface area contributed by atoms with E-state index in [9.17, 15) is 14.0 Å². The van der Waals surface area contributed by atoms with E-state index in [4.69, 9.17) is 0 Å².